The van der Waals surface area contributed by atoms with Crippen LogP contribution in [0.2, 0.25) is 0 Å². The third-order valence-corrected chi connectivity index (χ3v) is 6.22. The highest BCUT2D eigenvalue weighted by atomic mass is 31.2. The second-order valence-electron chi connectivity index (χ2n) is 5.79. The third kappa shape index (κ3) is 5.52. The second kappa shape index (κ2) is 10.2. The Labute approximate surface area is 156 Å². The van der Waals surface area contributed by atoms with E-state index in [1.165, 1.54) is 14.2 Å². The van der Waals surface area contributed by atoms with E-state index in [2.05, 4.69) is 6.58 Å². The SMILES string of the molecule is C=CCN(Cc1ccccc1)C(/C=C/c1ccccc1)P(=O)(OC)OC. The summed E-state index contributed by atoms with van der Waals surface area (Å²) in [6.45, 7) is 4.99. The Morgan fingerprint density at radius 2 is 1.62 bits per heavy atom. The standard InChI is InChI=1S/C21H26NO3P/c1-4-17-22(18-20-13-9-6-10-14-20)21(26(23,24-2)25-3)16-15-19-11-7-5-8-12-19/h4-16,21H,1,17-18H2,2-3H3/b16-15+. The first-order chi connectivity index (χ1) is 12.6. The highest BCUT2D eigenvalue weighted by Gasteiger charge is 2.36. The summed E-state index contributed by atoms with van der Waals surface area (Å²) >= 11 is 0. The van der Waals surface area contributed by atoms with Crippen molar-refractivity contribution in [3.8, 4) is 0 Å². The minimum atomic E-state index is -3.36. The zero-order chi connectivity index (χ0) is 18.8. The largest absolute Gasteiger partial charge is 0.351 e. The minimum absolute atomic E-state index is 0.532. The first-order valence-electron chi connectivity index (χ1n) is 8.46. The fourth-order valence-corrected chi connectivity index (χ4v) is 4.18. The van der Waals surface area contributed by atoms with Crippen LogP contribution in [-0.4, -0.2) is 31.4 Å². The lowest BCUT2D eigenvalue weighted by Crippen LogP contribution is -2.34. The van der Waals surface area contributed by atoms with Gasteiger partial charge in [-0.3, -0.25) is 9.46 Å². The maximum Gasteiger partial charge on any atom is 0.351 e. The normalized spacial score (nSPS) is 13.2. The Hall–Kier alpha value is -1.97. The Morgan fingerprint density at radius 1 is 1.04 bits per heavy atom. The van der Waals surface area contributed by atoms with Gasteiger partial charge in [0.1, 0.15) is 5.78 Å². The fraction of sp³-hybridized carbons (Fsp3) is 0.238. The summed E-state index contributed by atoms with van der Waals surface area (Å²) in [6, 6.07) is 19.9. The predicted octanol–water partition coefficient (Wildman–Crippen LogP) is 5.20. The van der Waals surface area contributed by atoms with Gasteiger partial charge < -0.3 is 9.05 Å². The van der Waals surface area contributed by atoms with Gasteiger partial charge in [-0.05, 0) is 11.1 Å². The molecule has 0 spiro atoms. The Balaban J connectivity index is 2.36. The van der Waals surface area contributed by atoms with E-state index in [4.69, 9.17) is 9.05 Å². The summed E-state index contributed by atoms with van der Waals surface area (Å²) in [7, 11) is -0.522. The first-order valence-corrected chi connectivity index (χ1v) is 10.1. The molecule has 2 rings (SSSR count). The van der Waals surface area contributed by atoms with Gasteiger partial charge in [0, 0.05) is 27.3 Å². The van der Waals surface area contributed by atoms with Gasteiger partial charge in [0.2, 0.25) is 0 Å². The number of benzene rings is 2. The molecule has 4 nitrogen and oxygen atoms in total. The molecule has 0 fully saturated rings. The topological polar surface area (TPSA) is 38.8 Å². The molecule has 138 valence electrons. The summed E-state index contributed by atoms with van der Waals surface area (Å²) in [5, 5.41) is 0. The average molecular weight is 371 g/mol. The summed E-state index contributed by atoms with van der Waals surface area (Å²) in [5.41, 5.74) is 2.14. The van der Waals surface area contributed by atoms with Crippen LogP contribution in [-0.2, 0) is 20.2 Å². The van der Waals surface area contributed by atoms with Gasteiger partial charge in [0.05, 0.1) is 0 Å². The molecule has 0 aliphatic rings. The minimum Gasteiger partial charge on any atom is -0.311 e. The molecule has 2 aromatic rings. The van der Waals surface area contributed by atoms with Gasteiger partial charge in [-0.15, -0.1) is 6.58 Å². The molecule has 0 saturated heterocycles. The lowest BCUT2D eigenvalue weighted by Gasteiger charge is -2.32. The molecule has 1 atom stereocenters. The van der Waals surface area contributed by atoms with Gasteiger partial charge in [-0.2, -0.15) is 0 Å². The van der Waals surface area contributed by atoms with E-state index in [0.29, 0.717) is 13.1 Å². The molecular weight excluding hydrogens is 345 g/mol. The maximum absolute atomic E-state index is 13.2. The van der Waals surface area contributed by atoms with Crippen LogP contribution in [0.25, 0.3) is 6.08 Å². The molecule has 1 unspecified atom stereocenters. The zero-order valence-electron chi connectivity index (χ0n) is 15.3. The van der Waals surface area contributed by atoms with Crippen LogP contribution in [0.4, 0.5) is 0 Å². The second-order valence-corrected chi connectivity index (χ2v) is 8.13. The Bertz CT molecular complexity index is 738. The van der Waals surface area contributed by atoms with E-state index in [9.17, 15) is 4.57 Å². The van der Waals surface area contributed by atoms with Crippen molar-refractivity contribution >= 4 is 13.7 Å². The van der Waals surface area contributed by atoms with Crippen molar-refractivity contribution in [1.29, 1.82) is 0 Å². The van der Waals surface area contributed by atoms with Crippen molar-refractivity contribution in [3.63, 3.8) is 0 Å². The lowest BCUT2D eigenvalue weighted by atomic mass is 10.2. The van der Waals surface area contributed by atoms with Crippen LogP contribution in [0.3, 0.4) is 0 Å². The van der Waals surface area contributed by atoms with E-state index >= 15 is 0 Å². The van der Waals surface area contributed by atoms with Crippen LogP contribution < -0.4 is 0 Å². The van der Waals surface area contributed by atoms with Crippen LogP contribution in [0.1, 0.15) is 11.1 Å². The van der Waals surface area contributed by atoms with Gasteiger partial charge in [0.25, 0.3) is 0 Å². The quantitative estimate of drug-likeness (QED) is 0.425. The molecule has 0 saturated carbocycles. The Kier molecular flexibility index (Phi) is 8.02. The van der Waals surface area contributed by atoms with Crippen molar-refractivity contribution in [2.24, 2.45) is 0 Å². The van der Waals surface area contributed by atoms with Crippen molar-refractivity contribution in [1.82, 2.24) is 4.90 Å². The van der Waals surface area contributed by atoms with E-state index in [1.54, 1.807) is 6.08 Å². The molecule has 0 amide bonds. The zero-order valence-corrected chi connectivity index (χ0v) is 16.2. The lowest BCUT2D eigenvalue weighted by molar-refractivity contribution is 0.214. The molecule has 0 bridgehead atoms. The van der Waals surface area contributed by atoms with E-state index < -0.39 is 13.4 Å². The van der Waals surface area contributed by atoms with Crippen LogP contribution in [0.15, 0.2) is 79.4 Å². The smallest absolute Gasteiger partial charge is 0.311 e. The van der Waals surface area contributed by atoms with Crippen molar-refractivity contribution in [2.45, 2.75) is 12.3 Å². The average Bonchev–Trinajstić information content (AvgIpc) is 2.69. The third-order valence-electron chi connectivity index (χ3n) is 4.06. The molecule has 0 aromatic heterocycles. The van der Waals surface area contributed by atoms with E-state index in [0.717, 1.165) is 11.1 Å². The molecule has 2 aromatic carbocycles. The molecular formula is C21H26NO3P. The van der Waals surface area contributed by atoms with Crippen LogP contribution in [0, 0.1) is 0 Å². The molecule has 0 aliphatic heterocycles. The summed E-state index contributed by atoms with van der Waals surface area (Å²) < 4.78 is 23.8. The number of rotatable bonds is 10. The highest BCUT2D eigenvalue weighted by Crippen LogP contribution is 2.53. The van der Waals surface area contributed by atoms with E-state index in [1.807, 2.05) is 77.7 Å². The molecule has 0 N–H and O–H groups in total. The maximum atomic E-state index is 13.2. The fourth-order valence-electron chi connectivity index (χ4n) is 2.73. The molecule has 0 radical (unpaired) electrons. The van der Waals surface area contributed by atoms with Crippen molar-refractivity contribution in [2.75, 3.05) is 20.8 Å². The summed E-state index contributed by atoms with van der Waals surface area (Å²) in [4.78, 5) is 2.04. The summed E-state index contributed by atoms with van der Waals surface area (Å²) in [5.74, 6) is -0.532. The molecule has 0 heterocycles. The monoisotopic (exact) mass is 371 g/mol. The van der Waals surface area contributed by atoms with Gasteiger partial charge in [0.15, 0.2) is 0 Å². The van der Waals surface area contributed by atoms with Gasteiger partial charge in [-0.1, -0.05) is 78.9 Å². The van der Waals surface area contributed by atoms with Crippen molar-refractivity contribution in [3.05, 3.63) is 90.5 Å². The highest BCUT2D eigenvalue weighted by molar-refractivity contribution is 7.54. The molecule has 5 heteroatoms. The van der Waals surface area contributed by atoms with Crippen LogP contribution in [0.5, 0.6) is 0 Å². The van der Waals surface area contributed by atoms with Crippen molar-refractivity contribution < 1.29 is 13.6 Å². The Morgan fingerprint density at radius 3 is 2.15 bits per heavy atom. The first kappa shape index (κ1) is 20.3. The predicted molar refractivity (Wildman–Crippen MR) is 108 cm³/mol. The van der Waals surface area contributed by atoms with Gasteiger partial charge >= 0.3 is 7.60 Å². The van der Waals surface area contributed by atoms with Gasteiger partial charge in [-0.25, -0.2) is 0 Å². The van der Waals surface area contributed by atoms with Crippen LogP contribution >= 0.6 is 7.60 Å². The molecule has 26 heavy (non-hydrogen) atoms. The number of nitrogens with zero attached hydrogens (tertiary/aromatic N) is 1. The number of hydrogen-bond donors (Lipinski definition) is 0. The molecule has 0 aliphatic carbocycles. The summed E-state index contributed by atoms with van der Waals surface area (Å²) in [6.07, 6.45) is 5.62. The van der Waals surface area contributed by atoms with E-state index in [-0.39, 0.29) is 0 Å². The number of hydrogen-bond acceptors (Lipinski definition) is 4.